The standard InChI is InChI=1S/C19H20N4O3S/c1-13-9-14(15-5-3-4-6-17(15)21-13)10-22-12-20-18-11-23(27(2,25)26)8-7-16(18)19(22)24/h3-6,9,12H,7-8,10-11H2,1-2H3. The number of nitrogens with zero attached hydrogens (tertiary/aromatic N) is 4. The van der Waals surface area contributed by atoms with E-state index in [0.29, 0.717) is 30.8 Å². The lowest BCUT2D eigenvalue weighted by Gasteiger charge is -2.25. The van der Waals surface area contributed by atoms with Crippen LogP contribution in [-0.4, -0.2) is 40.1 Å². The van der Waals surface area contributed by atoms with Crippen LogP contribution in [0.4, 0.5) is 0 Å². The third-order valence-electron chi connectivity index (χ3n) is 4.90. The Labute approximate surface area is 157 Å². The third kappa shape index (κ3) is 3.38. The Kier molecular flexibility index (Phi) is 4.32. The normalized spacial score (nSPS) is 15.0. The van der Waals surface area contributed by atoms with Crippen molar-refractivity contribution in [1.82, 2.24) is 18.8 Å². The van der Waals surface area contributed by atoms with Crippen molar-refractivity contribution in [2.45, 2.75) is 26.4 Å². The van der Waals surface area contributed by atoms with Gasteiger partial charge in [0, 0.05) is 23.2 Å². The van der Waals surface area contributed by atoms with Crippen LogP contribution in [0.5, 0.6) is 0 Å². The number of pyridine rings is 1. The van der Waals surface area contributed by atoms with Crippen LogP contribution in [0.25, 0.3) is 10.9 Å². The van der Waals surface area contributed by atoms with Gasteiger partial charge in [-0.25, -0.2) is 13.4 Å². The first-order valence-corrected chi connectivity index (χ1v) is 10.6. The van der Waals surface area contributed by atoms with E-state index >= 15 is 0 Å². The predicted molar refractivity (Wildman–Crippen MR) is 103 cm³/mol. The molecule has 1 aliphatic rings. The van der Waals surface area contributed by atoms with Crippen LogP contribution in [-0.2, 0) is 29.5 Å². The van der Waals surface area contributed by atoms with Crippen LogP contribution >= 0.6 is 0 Å². The van der Waals surface area contributed by atoms with Crippen LogP contribution in [0.3, 0.4) is 0 Å². The van der Waals surface area contributed by atoms with Crippen molar-refractivity contribution in [3.63, 3.8) is 0 Å². The number of aromatic nitrogens is 3. The summed E-state index contributed by atoms with van der Waals surface area (Å²) in [6.45, 7) is 2.80. The maximum Gasteiger partial charge on any atom is 0.257 e. The Morgan fingerprint density at radius 2 is 2.00 bits per heavy atom. The second-order valence-electron chi connectivity index (χ2n) is 6.89. The molecule has 0 bridgehead atoms. The van der Waals surface area contributed by atoms with Gasteiger partial charge >= 0.3 is 0 Å². The average molecular weight is 384 g/mol. The lowest BCUT2D eigenvalue weighted by atomic mass is 10.1. The number of hydrogen-bond donors (Lipinski definition) is 0. The van der Waals surface area contributed by atoms with E-state index in [9.17, 15) is 13.2 Å². The quantitative estimate of drug-likeness (QED) is 0.683. The summed E-state index contributed by atoms with van der Waals surface area (Å²) in [7, 11) is -3.29. The zero-order chi connectivity index (χ0) is 19.2. The molecule has 3 aromatic rings. The number of rotatable bonds is 3. The van der Waals surface area contributed by atoms with Gasteiger partial charge in [0.2, 0.25) is 10.0 Å². The monoisotopic (exact) mass is 384 g/mol. The van der Waals surface area contributed by atoms with Gasteiger partial charge in [0.05, 0.1) is 36.9 Å². The van der Waals surface area contributed by atoms with Crippen molar-refractivity contribution in [2.24, 2.45) is 0 Å². The molecular weight excluding hydrogens is 364 g/mol. The van der Waals surface area contributed by atoms with Gasteiger partial charge in [0.1, 0.15) is 0 Å². The Balaban J connectivity index is 1.73. The molecule has 1 aliphatic heterocycles. The van der Waals surface area contributed by atoms with E-state index in [0.717, 1.165) is 22.2 Å². The van der Waals surface area contributed by atoms with E-state index in [1.807, 2.05) is 37.3 Å². The first kappa shape index (κ1) is 17.8. The van der Waals surface area contributed by atoms with E-state index in [1.54, 1.807) is 4.57 Å². The van der Waals surface area contributed by atoms with Crippen LogP contribution in [0.2, 0.25) is 0 Å². The Morgan fingerprint density at radius 1 is 1.22 bits per heavy atom. The Morgan fingerprint density at radius 3 is 2.78 bits per heavy atom. The van der Waals surface area contributed by atoms with E-state index in [1.165, 1.54) is 16.9 Å². The molecule has 0 aliphatic carbocycles. The van der Waals surface area contributed by atoms with E-state index in [4.69, 9.17) is 0 Å². The molecule has 4 rings (SSSR count). The fourth-order valence-corrected chi connectivity index (χ4v) is 4.32. The zero-order valence-electron chi connectivity index (χ0n) is 15.2. The van der Waals surface area contributed by atoms with Gasteiger partial charge in [-0.2, -0.15) is 4.31 Å². The van der Waals surface area contributed by atoms with E-state index in [2.05, 4.69) is 9.97 Å². The second-order valence-corrected chi connectivity index (χ2v) is 8.87. The maximum atomic E-state index is 12.9. The largest absolute Gasteiger partial charge is 0.295 e. The molecule has 0 N–H and O–H groups in total. The van der Waals surface area contributed by atoms with Gasteiger partial charge in [-0.1, -0.05) is 18.2 Å². The van der Waals surface area contributed by atoms with Crippen molar-refractivity contribution >= 4 is 20.9 Å². The molecule has 27 heavy (non-hydrogen) atoms. The first-order chi connectivity index (χ1) is 12.8. The molecule has 0 unspecified atom stereocenters. The van der Waals surface area contributed by atoms with Gasteiger partial charge in [-0.05, 0) is 31.0 Å². The molecule has 0 saturated heterocycles. The van der Waals surface area contributed by atoms with Gasteiger partial charge < -0.3 is 0 Å². The number of aryl methyl sites for hydroxylation is 1. The first-order valence-electron chi connectivity index (χ1n) is 8.70. The summed E-state index contributed by atoms with van der Waals surface area (Å²) in [5, 5.41) is 1.01. The molecule has 0 spiro atoms. The summed E-state index contributed by atoms with van der Waals surface area (Å²) in [4.78, 5) is 21.9. The molecule has 0 saturated carbocycles. The minimum absolute atomic E-state index is 0.105. The lowest BCUT2D eigenvalue weighted by molar-refractivity contribution is 0.384. The predicted octanol–water partition coefficient (Wildman–Crippen LogP) is 1.47. The number of hydrogen-bond acceptors (Lipinski definition) is 5. The fourth-order valence-electron chi connectivity index (χ4n) is 3.54. The van der Waals surface area contributed by atoms with Crippen molar-refractivity contribution in [1.29, 1.82) is 0 Å². The smallest absolute Gasteiger partial charge is 0.257 e. The highest BCUT2D eigenvalue weighted by Crippen LogP contribution is 2.20. The molecule has 0 fully saturated rings. The molecule has 2 aromatic heterocycles. The number of benzene rings is 1. The van der Waals surface area contributed by atoms with Gasteiger partial charge in [-0.3, -0.25) is 14.3 Å². The topological polar surface area (TPSA) is 85.2 Å². The van der Waals surface area contributed by atoms with Crippen LogP contribution in [0, 0.1) is 6.92 Å². The maximum absolute atomic E-state index is 12.9. The zero-order valence-corrected chi connectivity index (χ0v) is 16.0. The highest BCUT2D eigenvalue weighted by atomic mass is 32.2. The summed E-state index contributed by atoms with van der Waals surface area (Å²) in [5.74, 6) is 0. The highest BCUT2D eigenvalue weighted by molar-refractivity contribution is 7.88. The molecule has 0 atom stereocenters. The van der Waals surface area contributed by atoms with Gasteiger partial charge in [0.15, 0.2) is 0 Å². The molecule has 140 valence electrons. The summed E-state index contributed by atoms with van der Waals surface area (Å²) in [6, 6.07) is 9.84. The molecule has 1 aromatic carbocycles. The average Bonchev–Trinajstić information content (AvgIpc) is 2.63. The summed E-state index contributed by atoms with van der Waals surface area (Å²) < 4.78 is 26.5. The van der Waals surface area contributed by atoms with E-state index in [-0.39, 0.29) is 12.1 Å². The Hall–Kier alpha value is -2.58. The number of sulfonamides is 1. The fraction of sp³-hybridized carbons (Fsp3) is 0.316. The van der Waals surface area contributed by atoms with Crippen LogP contribution < -0.4 is 5.56 Å². The summed E-state index contributed by atoms with van der Waals surface area (Å²) >= 11 is 0. The van der Waals surface area contributed by atoms with Crippen molar-refractivity contribution < 1.29 is 8.42 Å². The second kappa shape index (κ2) is 6.54. The van der Waals surface area contributed by atoms with E-state index < -0.39 is 10.0 Å². The number of fused-ring (bicyclic) bond motifs is 2. The highest BCUT2D eigenvalue weighted by Gasteiger charge is 2.26. The van der Waals surface area contributed by atoms with Crippen LogP contribution in [0.1, 0.15) is 22.5 Å². The molecule has 7 nitrogen and oxygen atoms in total. The van der Waals surface area contributed by atoms with Crippen LogP contribution in [0.15, 0.2) is 41.5 Å². The lowest BCUT2D eigenvalue weighted by Crippen LogP contribution is -2.39. The molecule has 3 heterocycles. The minimum atomic E-state index is -3.29. The van der Waals surface area contributed by atoms with Crippen molar-refractivity contribution in [3.8, 4) is 0 Å². The minimum Gasteiger partial charge on any atom is -0.295 e. The SMILES string of the molecule is Cc1cc(Cn2cnc3c(c2=O)CCN(S(C)(=O)=O)C3)c2ccccc2n1. The van der Waals surface area contributed by atoms with Crippen molar-refractivity contribution in [2.75, 3.05) is 12.8 Å². The summed E-state index contributed by atoms with van der Waals surface area (Å²) in [6.07, 6.45) is 3.07. The van der Waals surface area contributed by atoms with Gasteiger partial charge in [0.25, 0.3) is 5.56 Å². The number of para-hydroxylation sites is 1. The molecule has 8 heteroatoms. The molecule has 0 radical (unpaired) electrons. The third-order valence-corrected chi connectivity index (χ3v) is 6.15. The molecule has 0 amide bonds. The Bertz CT molecular complexity index is 1200. The summed E-state index contributed by atoms with van der Waals surface area (Å²) in [5.41, 5.74) is 3.85. The van der Waals surface area contributed by atoms with Crippen molar-refractivity contribution in [3.05, 3.63) is 69.5 Å². The van der Waals surface area contributed by atoms with Gasteiger partial charge in [-0.15, -0.1) is 0 Å². The molecular formula is C19H20N4O3S.